The summed E-state index contributed by atoms with van der Waals surface area (Å²) in [7, 11) is 2.00. The van der Waals surface area contributed by atoms with Gasteiger partial charge >= 0.3 is 0 Å². The van der Waals surface area contributed by atoms with Crippen LogP contribution in [0.2, 0.25) is 0 Å². The van der Waals surface area contributed by atoms with Gasteiger partial charge in [-0.05, 0) is 30.7 Å². The largest absolute Gasteiger partial charge is 0.469 e. The molecule has 2 aromatic rings. The van der Waals surface area contributed by atoms with Gasteiger partial charge in [-0.3, -0.25) is 0 Å². The maximum Gasteiger partial charge on any atom is 0.108 e. The lowest BCUT2D eigenvalue weighted by molar-refractivity contribution is 0.505. The molecular formula is C17H23NO. The van der Waals surface area contributed by atoms with E-state index < -0.39 is 0 Å². The third-order valence-electron chi connectivity index (χ3n) is 3.52. The Morgan fingerprint density at radius 2 is 2.05 bits per heavy atom. The van der Waals surface area contributed by atoms with E-state index in [4.69, 9.17) is 4.42 Å². The molecule has 0 aliphatic rings. The summed E-state index contributed by atoms with van der Waals surface area (Å²) in [6, 6.07) is 11.1. The van der Waals surface area contributed by atoms with Gasteiger partial charge < -0.3 is 9.73 Å². The van der Waals surface area contributed by atoms with Crippen LogP contribution in [0.15, 0.2) is 41.0 Å². The lowest BCUT2D eigenvalue weighted by Crippen LogP contribution is -2.18. The second-order valence-corrected chi connectivity index (χ2v) is 4.87. The third-order valence-corrected chi connectivity index (χ3v) is 3.52. The molecule has 0 amide bonds. The highest BCUT2D eigenvalue weighted by atomic mass is 16.3. The summed E-state index contributed by atoms with van der Waals surface area (Å²) in [5.41, 5.74) is 3.96. The summed E-state index contributed by atoms with van der Waals surface area (Å²) in [4.78, 5) is 0. The molecule has 1 aromatic carbocycles. The Morgan fingerprint density at radius 3 is 2.74 bits per heavy atom. The van der Waals surface area contributed by atoms with Gasteiger partial charge in [-0.1, -0.05) is 44.5 Å². The van der Waals surface area contributed by atoms with E-state index in [1.807, 2.05) is 7.05 Å². The number of furan rings is 1. The fourth-order valence-corrected chi connectivity index (χ4v) is 2.61. The van der Waals surface area contributed by atoms with Crippen molar-refractivity contribution in [2.75, 3.05) is 7.05 Å². The van der Waals surface area contributed by atoms with Crippen LogP contribution in [0.1, 0.15) is 48.8 Å². The summed E-state index contributed by atoms with van der Waals surface area (Å²) in [5, 5.41) is 3.40. The smallest absolute Gasteiger partial charge is 0.108 e. The van der Waals surface area contributed by atoms with Crippen LogP contribution < -0.4 is 5.32 Å². The molecule has 19 heavy (non-hydrogen) atoms. The molecule has 0 bridgehead atoms. The predicted octanol–water partition coefficient (Wildman–Crippen LogP) is 4.10. The van der Waals surface area contributed by atoms with Crippen molar-refractivity contribution in [1.82, 2.24) is 5.32 Å². The van der Waals surface area contributed by atoms with Crippen molar-refractivity contribution in [2.45, 2.75) is 39.2 Å². The van der Waals surface area contributed by atoms with Gasteiger partial charge in [0.1, 0.15) is 5.76 Å². The van der Waals surface area contributed by atoms with Gasteiger partial charge in [-0.15, -0.1) is 0 Å². The topological polar surface area (TPSA) is 25.2 Å². The van der Waals surface area contributed by atoms with Crippen LogP contribution in [0.25, 0.3) is 0 Å². The molecule has 2 nitrogen and oxygen atoms in total. The Hall–Kier alpha value is -1.54. The van der Waals surface area contributed by atoms with Gasteiger partial charge in [-0.25, -0.2) is 0 Å². The summed E-state index contributed by atoms with van der Waals surface area (Å²) >= 11 is 0. The SMILES string of the molecule is CCCc1cccc(C(NC)c2ccoc2CC)c1. The molecule has 2 heteroatoms. The van der Waals surface area contributed by atoms with Crippen LogP contribution >= 0.6 is 0 Å². The number of rotatable bonds is 6. The number of benzene rings is 1. The molecule has 0 radical (unpaired) electrons. The van der Waals surface area contributed by atoms with Crippen molar-refractivity contribution in [3.05, 3.63) is 59.0 Å². The summed E-state index contributed by atoms with van der Waals surface area (Å²) in [6.45, 7) is 4.34. The van der Waals surface area contributed by atoms with Crippen LogP contribution in [0.4, 0.5) is 0 Å². The first kappa shape index (κ1) is 13.9. The van der Waals surface area contributed by atoms with Crippen molar-refractivity contribution in [1.29, 1.82) is 0 Å². The molecule has 1 atom stereocenters. The maximum absolute atomic E-state index is 5.56. The standard InChI is InChI=1S/C17H23NO/c1-4-7-13-8-6-9-14(12-13)17(18-3)15-10-11-19-16(15)5-2/h6,8-12,17-18H,4-5,7H2,1-3H3. The Bertz CT molecular complexity index is 515. The van der Waals surface area contributed by atoms with Crippen LogP contribution in [-0.4, -0.2) is 7.05 Å². The van der Waals surface area contributed by atoms with E-state index in [1.54, 1.807) is 6.26 Å². The molecule has 0 fully saturated rings. The van der Waals surface area contributed by atoms with E-state index in [0.717, 1.165) is 18.6 Å². The van der Waals surface area contributed by atoms with E-state index >= 15 is 0 Å². The summed E-state index contributed by atoms with van der Waals surface area (Å²) in [6.07, 6.45) is 5.03. The number of nitrogens with one attached hydrogen (secondary N) is 1. The normalized spacial score (nSPS) is 12.6. The summed E-state index contributed by atoms with van der Waals surface area (Å²) < 4.78 is 5.56. The molecule has 1 unspecified atom stereocenters. The quantitative estimate of drug-likeness (QED) is 0.842. The zero-order valence-corrected chi connectivity index (χ0v) is 12.1. The molecule has 102 valence electrons. The van der Waals surface area contributed by atoms with Gasteiger partial charge in [-0.2, -0.15) is 0 Å². The monoisotopic (exact) mass is 257 g/mol. The molecule has 2 rings (SSSR count). The second kappa shape index (κ2) is 6.58. The predicted molar refractivity (Wildman–Crippen MR) is 79.4 cm³/mol. The fraction of sp³-hybridized carbons (Fsp3) is 0.412. The van der Waals surface area contributed by atoms with Gasteiger partial charge in [0, 0.05) is 12.0 Å². The maximum atomic E-state index is 5.56. The van der Waals surface area contributed by atoms with Crippen molar-refractivity contribution in [2.24, 2.45) is 0 Å². The highest BCUT2D eigenvalue weighted by molar-refractivity contribution is 5.35. The first-order valence-corrected chi connectivity index (χ1v) is 7.12. The van der Waals surface area contributed by atoms with Gasteiger partial charge in [0.2, 0.25) is 0 Å². The minimum Gasteiger partial charge on any atom is -0.469 e. The van der Waals surface area contributed by atoms with E-state index in [-0.39, 0.29) is 6.04 Å². The van der Waals surface area contributed by atoms with Crippen LogP contribution in [0, 0.1) is 0 Å². The Labute approximate surface area is 115 Å². The Kier molecular flexibility index (Phi) is 4.80. The Morgan fingerprint density at radius 1 is 1.21 bits per heavy atom. The molecular weight excluding hydrogens is 234 g/mol. The average Bonchev–Trinajstić information content (AvgIpc) is 2.89. The lowest BCUT2D eigenvalue weighted by atomic mass is 9.96. The average molecular weight is 257 g/mol. The molecule has 0 saturated carbocycles. The number of aryl methyl sites for hydroxylation is 2. The minimum absolute atomic E-state index is 0.213. The third kappa shape index (κ3) is 3.07. The van der Waals surface area contributed by atoms with Crippen LogP contribution in [0.3, 0.4) is 0 Å². The summed E-state index contributed by atoms with van der Waals surface area (Å²) in [5.74, 6) is 1.07. The highest BCUT2D eigenvalue weighted by Crippen LogP contribution is 2.27. The Balaban J connectivity index is 2.34. The van der Waals surface area contributed by atoms with Gasteiger partial charge in [0.25, 0.3) is 0 Å². The van der Waals surface area contributed by atoms with Crippen LogP contribution in [0.5, 0.6) is 0 Å². The minimum atomic E-state index is 0.213. The van der Waals surface area contributed by atoms with E-state index in [2.05, 4.69) is 49.5 Å². The lowest BCUT2D eigenvalue weighted by Gasteiger charge is -2.17. The van der Waals surface area contributed by atoms with Gasteiger partial charge in [0.15, 0.2) is 0 Å². The zero-order chi connectivity index (χ0) is 13.7. The molecule has 0 aliphatic carbocycles. The van der Waals surface area contributed by atoms with Crippen LogP contribution in [-0.2, 0) is 12.8 Å². The van der Waals surface area contributed by atoms with E-state index in [1.165, 1.54) is 23.1 Å². The number of hydrogen-bond donors (Lipinski definition) is 1. The second-order valence-electron chi connectivity index (χ2n) is 4.87. The molecule has 0 spiro atoms. The molecule has 1 aromatic heterocycles. The van der Waals surface area contributed by atoms with Crippen molar-refractivity contribution in [3.63, 3.8) is 0 Å². The first-order valence-electron chi connectivity index (χ1n) is 7.12. The first-order chi connectivity index (χ1) is 9.30. The zero-order valence-electron chi connectivity index (χ0n) is 12.1. The van der Waals surface area contributed by atoms with E-state index in [9.17, 15) is 0 Å². The fourth-order valence-electron chi connectivity index (χ4n) is 2.61. The number of hydrogen-bond acceptors (Lipinski definition) is 2. The van der Waals surface area contributed by atoms with E-state index in [0.29, 0.717) is 0 Å². The van der Waals surface area contributed by atoms with Crippen molar-refractivity contribution in [3.8, 4) is 0 Å². The molecule has 1 N–H and O–H groups in total. The highest BCUT2D eigenvalue weighted by Gasteiger charge is 2.17. The van der Waals surface area contributed by atoms with Crippen molar-refractivity contribution < 1.29 is 4.42 Å². The molecule has 0 saturated heterocycles. The van der Waals surface area contributed by atoms with Gasteiger partial charge in [0.05, 0.1) is 12.3 Å². The molecule has 0 aliphatic heterocycles. The molecule has 1 heterocycles. The van der Waals surface area contributed by atoms with Crippen molar-refractivity contribution >= 4 is 0 Å².